The minimum Gasteiger partial charge on any atom is -0.497 e. The Balaban J connectivity index is 1.75. The maximum Gasteiger partial charge on any atom is 0.273 e. The monoisotopic (exact) mass is 654 g/mol. The predicted octanol–water partition coefficient (Wildman–Crippen LogP) is 5.50. The number of nitro groups is 1. The molecule has 246 valence electrons. The van der Waals surface area contributed by atoms with E-state index in [1.54, 1.807) is 6.92 Å². The smallest absolute Gasteiger partial charge is 0.273 e. The van der Waals surface area contributed by atoms with Crippen LogP contribution in [-0.2, 0) is 26.2 Å². The van der Waals surface area contributed by atoms with Crippen molar-refractivity contribution in [2.45, 2.75) is 75.9 Å². The molecular weight excluding hydrogens is 615 g/mol. The molecule has 1 aliphatic carbocycles. The minimum atomic E-state index is -4.54. The third kappa shape index (κ3) is 8.19. The molecule has 1 aliphatic rings. The fourth-order valence-corrected chi connectivity index (χ4v) is 7.04. The highest BCUT2D eigenvalue weighted by molar-refractivity contribution is 7.92. The van der Waals surface area contributed by atoms with Gasteiger partial charge < -0.3 is 15.0 Å². The molecule has 0 spiro atoms. The summed E-state index contributed by atoms with van der Waals surface area (Å²) in [6.45, 7) is 2.46. The summed E-state index contributed by atoms with van der Waals surface area (Å²) in [6.07, 6.45) is 4.99. The van der Waals surface area contributed by atoms with E-state index < -0.39 is 39.3 Å². The molecule has 1 fully saturated rings. The van der Waals surface area contributed by atoms with E-state index in [2.05, 4.69) is 5.32 Å². The van der Waals surface area contributed by atoms with E-state index in [0.717, 1.165) is 42.5 Å². The molecule has 46 heavy (non-hydrogen) atoms. The van der Waals surface area contributed by atoms with Gasteiger partial charge in [-0.1, -0.05) is 44.4 Å². The van der Waals surface area contributed by atoms with Gasteiger partial charge in [0, 0.05) is 24.2 Å². The van der Waals surface area contributed by atoms with Crippen LogP contribution in [0.25, 0.3) is 0 Å². The van der Waals surface area contributed by atoms with Crippen LogP contribution < -0.4 is 14.4 Å². The van der Waals surface area contributed by atoms with Gasteiger partial charge in [-0.15, -0.1) is 0 Å². The van der Waals surface area contributed by atoms with Crippen molar-refractivity contribution < 1.29 is 32.1 Å². The van der Waals surface area contributed by atoms with Crippen molar-refractivity contribution in [2.24, 2.45) is 0 Å². The van der Waals surface area contributed by atoms with Gasteiger partial charge in [0.2, 0.25) is 11.8 Å². The summed E-state index contributed by atoms with van der Waals surface area (Å²) in [6, 6.07) is 14.1. The zero-order chi connectivity index (χ0) is 33.4. The maximum atomic E-state index is 14.3. The number of nitrogens with one attached hydrogen (secondary N) is 1. The number of carbonyl (C=O) groups excluding carboxylic acids is 2. The summed E-state index contributed by atoms with van der Waals surface area (Å²) in [5, 5.41) is 14.7. The number of anilines is 1. The van der Waals surface area contributed by atoms with E-state index in [9.17, 15) is 32.5 Å². The molecule has 3 aromatic carbocycles. The number of amides is 2. The topological polar surface area (TPSA) is 139 Å². The first-order valence-electron chi connectivity index (χ1n) is 15.2. The van der Waals surface area contributed by atoms with Crippen LogP contribution >= 0.6 is 0 Å². The number of hydrogen-bond donors (Lipinski definition) is 1. The Hall–Kier alpha value is -4.52. The SMILES string of the molecule is CC[C@@H](C(=O)NC1CCCCC1)N(Cc1ccc(F)cc1)C(=O)CN(c1ccc(OC)cc1)S(=O)(=O)c1ccc(C)c([N+](=O)[O-])c1. The first-order chi connectivity index (χ1) is 21.9. The van der Waals surface area contributed by atoms with E-state index in [-0.39, 0.29) is 46.7 Å². The number of aryl methyl sites for hydroxylation is 1. The van der Waals surface area contributed by atoms with Crippen molar-refractivity contribution in [1.29, 1.82) is 0 Å². The number of ether oxygens (including phenoxy) is 1. The zero-order valence-electron chi connectivity index (χ0n) is 26.1. The van der Waals surface area contributed by atoms with Crippen molar-refractivity contribution in [3.05, 3.63) is 93.8 Å². The minimum absolute atomic E-state index is 0.0217. The van der Waals surface area contributed by atoms with E-state index in [0.29, 0.717) is 11.3 Å². The summed E-state index contributed by atoms with van der Waals surface area (Å²) < 4.78 is 48.1. The Labute approximate surface area is 268 Å². The summed E-state index contributed by atoms with van der Waals surface area (Å²) >= 11 is 0. The van der Waals surface area contributed by atoms with Crippen LogP contribution in [0.3, 0.4) is 0 Å². The molecule has 0 aliphatic heterocycles. The van der Waals surface area contributed by atoms with Crippen molar-refractivity contribution in [3.8, 4) is 5.75 Å². The van der Waals surface area contributed by atoms with Gasteiger partial charge in [0.1, 0.15) is 24.2 Å². The Bertz CT molecular complexity index is 1640. The standard InChI is InChI=1S/C33H39FN4O7S/c1-4-30(33(40)35-26-8-6-5-7-9-26)36(21-24-11-13-25(34)14-12-24)32(39)22-37(27-15-17-28(45-3)18-16-27)46(43,44)29-19-10-23(2)31(20-29)38(41)42/h10-20,26,30H,4-9,21-22H2,1-3H3,(H,35,40)/t30-/m0/s1. The summed E-state index contributed by atoms with van der Waals surface area (Å²) in [5.41, 5.74) is 0.548. The van der Waals surface area contributed by atoms with Gasteiger partial charge in [0.15, 0.2) is 0 Å². The van der Waals surface area contributed by atoms with Crippen molar-refractivity contribution in [3.63, 3.8) is 0 Å². The molecule has 1 N–H and O–H groups in total. The number of hydrogen-bond acceptors (Lipinski definition) is 7. The molecule has 1 saturated carbocycles. The molecule has 13 heteroatoms. The Kier molecular flexibility index (Phi) is 11.3. The molecule has 3 aromatic rings. The molecule has 1 atom stereocenters. The van der Waals surface area contributed by atoms with Gasteiger partial charge in [0.25, 0.3) is 15.7 Å². The van der Waals surface area contributed by atoms with Crippen LogP contribution in [0.2, 0.25) is 0 Å². The molecule has 0 bridgehead atoms. The molecule has 0 aromatic heterocycles. The largest absolute Gasteiger partial charge is 0.497 e. The highest BCUT2D eigenvalue weighted by Gasteiger charge is 2.35. The lowest BCUT2D eigenvalue weighted by atomic mass is 9.95. The third-order valence-corrected chi connectivity index (χ3v) is 9.98. The van der Waals surface area contributed by atoms with Crippen molar-refractivity contribution in [1.82, 2.24) is 10.2 Å². The molecule has 4 rings (SSSR count). The zero-order valence-corrected chi connectivity index (χ0v) is 27.0. The summed E-state index contributed by atoms with van der Waals surface area (Å²) in [5.74, 6) is -1.05. The Morgan fingerprint density at radius 1 is 1.04 bits per heavy atom. The van der Waals surface area contributed by atoms with E-state index in [4.69, 9.17) is 4.74 Å². The van der Waals surface area contributed by atoms with Gasteiger partial charge in [-0.25, -0.2) is 12.8 Å². The van der Waals surface area contributed by atoms with Crippen LogP contribution in [0.5, 0.6) is 5.75 Å². The van der Waals surface area contributed by atoms with E-state index in [1.165, 1.54) is 79.6 Å². The lowest BCUT2D eigenvalue weighted by molar-refractivity contribution is -0.385. The molecular formula is C33H39FN4O7S. The Morgan fingerprint density at radius 2 is 1.70 bits per heavy atom. The molecule has 0 radical (unpaired) electrons. The van der Waals surface area contributed by atoms with Crippen molar-refractivity contribution in [2.75, 3.05) is 18.0 Å². The lowest BCUT2D eigenvalue weighted by Gasteiger charge is -2.34. The Morgan fingerprint density at radius 3 is 2.28 bits per heavy atom. The number of nitro benzene ring substituents is 1. The number of halogens is 1. The average Bonchev–Trinajstić information content (AvgIpc) is 3.04. The molecule has 11 nitrogen and oxygen atoms in total. The summed E-state index contributed by atoms with van der Waals surface area (Å²) in [7, 11) is -3.09. The van der Waals surface area contributed by atoms with Crippen LogP contribution in [0.1, 0.15) is 56.6 Å². The predicted molar refractivity (Wildman–Crippen MR) is 171 cm³/mol. The quantitative estimate of drug-likeness (QED) is 0.190. The number of benzene rings is 3. The highest BCUT2D eigenvalue weighted by atomic mass is 32.2. The molecule has 0 saturated heterocycles. The number of sulfonamides is 1. The number of carbonyl (C=O) groups is 2. The summed E-state index contributed by atoms with van der Waals surface area (Å²) in [4.78, 5) is 39.8. The van der Waals surface area contributed by atoms with Gasteiger partial charge in [0.05, 0.1) is 22.6 Å². The fraction of sp³-hybridized carbons (Fsp3) is 0.394. The first kappa shape index (κ1) is 34.4. The van der Waals surface area contributed by atoms with Gasteiger partial charge in [-0.05, 0) is 74.2 Å². The number of nitrogens with zero attached hydrogens (tertiary/aromatic N) is 3. The van der Waals surface area contributed by atoms with Crippen LogP contribution in [-0.4, -0.2) is 55.8 Å². The highest BCUT2D eigenvalue weighted by Crippen LogP contribution is 2.30. The lowest BCUT2D eigenvalue weighted by Crippen LogP contribution is -2.54. The average molecular weight is 655 g/mol. The second kappa shape index (κ2) is 15.2. The van der Waals surface area contributed by atoms with Gasteiger partial charge in [-0.2, -0.15) is 0 Å². The number of rotatable bonds is 13. The molecule has 0 unspecified atom stereocenters. The third-order valence-electron chi connectivity index (χ3n) is 8.21. The first-order valence-corrected chi connectivity index (χ1v) is 16.6. The molecule has 0 heterocycles. The second-order valence-corrected chi connectivity index (χ2v) is 13.2. The van der Waals surface area contributed by atoms with E-state index >= 15 is 0 Å². The van der Waals surface area contributed by atoms with E-state index in [1.807, 2.05) is 0 Å². The maximum absolute atomic E-state index is 14.3. The van der Waals surface area contributed by atoms with Gasteiger partial charge >= 0.3 is 0 Å². The molecule has 2 amide bonds. The van der Waals surface area contributed by atoms with Gasteiger partial charge in [-0.3, -0.25) is 24.0 Å². The number of methoxy groups -OCH3 is 1. The fourth-order valence-electron chi connectivity index (χ4n) is 5.60. The van der Waals surface area contributed by atoms with Crippen molar-refractivity contribution >= 4 is 33.2 Å². The van der Waals surface area contributed by atoms with Crippen LogP contribution in [0, 0.1) is 22.9 Å². The second-order valence-electron chi connectivity index (χ2n) is 11.3. The van der Waals surface area contributed by atoms with Crippen LogP contribution in [0.4, 0.5) is 15.8 Å². The van der Waals surface area contributed by atoms with Crippen LogP contribution in [0.15, 0.2) is 71.6 Å². The normalized spacial score (nSPS) is 14.3.